The molecule has 1 heterocycles. The summed E-state index contributed by atoms with van der Waals surface area (Å²) < 4.78 is 19.0. The predicted molar refractivity (Wildman–Crippen MR) is 109 cm³/mol. The molecule has 0 aromatic heterocycles. The van der Waals surface area contributed by atoms with Gasteiger partial charge in [-0.2, -0.15) is 0 Å². The molecule has 2 amide bonds. The van der Waals surface area contributed by atoms with E-state index in [0.29, 0.717) is 18.5 Å². The zero-order valence-electron chi connectivity index (χ0n) is 16.9. The van der Waals surface area contributed by atoms with Gasteiger partial charge in [0.1, 0.15) is 11.6 Å². The van der Waals surface area contributed by atoms with Crippen molar-refractivity contribution >= 4 is 11.7 Å². The average molecular weight is 399 g/mol. The van der Waals surface area contributed by atoms with Crippen LogP contribution in [0.5, 0.6) is 5.75 Å². The molecule has 7 heteroatoms. The van der Waals surface area contributed by atoms with Crippen LogP contribution in [-0.4, -0.2) is 42.4 Å². The minimum absolute atomic E-state index is 0.0117. The molecule has 0 radical (unpaired) electrons. The van der Waals surface area contributed by atoms with Crippen LogP contribution in [0.15, 0.2) is 53.7 Å². The summed E-state index contributed by atoms with van der Waals surface area (Å²) in [6.45, 7) is 4.40. The Kier molecular flexibility index (Phi) is 6.69. The summed E-state index contributed by atoms with van der Waals surface area (Å²) in [5.74, 6) is 0.398. The van der Waals surface area contributed by atoms with E-state index < -0.39 is 0 Å². The summed E-state index contributed by atoms with van der Waals surface area (Å²) in [6, 6.07) is 13.6. The van der Waals surface area contributed by atoms with Crippen LogP contribution in [0.2, 0.25) is 0 Å². The zero-order valence-corrected chi connectivity index (χ0v) is 16.9. The van der Waals surface area contributed by atoms with E-state index in [1.807, 2.05) is 38.1 Å². The van der Waals surface area contributed by atoms with Gasteiger partial charge in [-0.3, -0.25) is 0 Å². The molecule has 29 heavy (non-hydrogen) atoms. The molecule has 154 valence electrons. The summed E-state index contributed by atoms with van der Waals surface area (Å²) in [4.78, 5) is 19.9. The van der Waals surface area contributed by atoms with E-state index >= 15 is 0 Å². The number of nitrogens with one attached hydrogen (secondary N) is 1. The molecule has 2 aromatic carbocycles. The van der Waals surface area contributed by atoms with Crippen molar-refractivity contribution < 1.29 is 18.8 Å². The number of rotatable bonds is 7. The maximum atomic E-state index is 13.6. The maximum Gasteiger partial charge on any atom is 0.318 e. The van der Waals surface area contributed by atoms with Crippen LogP contribution in [0, 0.1) is 5.82 Å². The Morgan fingerprint density at radius 3 is 2.83 bits per heavy atom. The number of urea groups is 1. The lowest BCUT2D eigenvalue weighted by atomic mass is 10.0. The first kappa shape index (κ1) is 20.6. The van der Waals surface area contributed by atoms with Gasteiger partial charge in [-0.25, -0.2) is 9.18 Å². The van der Waals surface area contributed by atoms with Crippen LogP contribution >= 0.6 is 0 Å². The van der Waals surface area contributed by atoms with Crippen molar-refractivity contribution in [3.8, 4) is 5.75 Å². The van der Waals surface area contributed by atoms with Crippen LogP contribution < -0.4 is 10.1 Å². The summed E-state index contributed by atoms with van der Waals surface area (Å²) in [5, 5.41) is 7.10. The average Bonchev–Trinajstić information content (AvgIpc) is 3.15. The molecule has 0 bridgehead atoms. The maximum absolute atomic E-state index is 13.6. The smallest absolute Gasteiger partial charge is 0.318 e. The third kappa shape index (κ3) is 5.47. The van der Waals surface area contributed by atoms with Crippen molar-refractivity contribution in [2.75, 3.05) is 13.7 Å². The number of hydrogen-bond acceptors (Lipinski definition) is 4. The zero-order chi connectivity index (χ0) is 20.8. The fourth-order valence-electron chi connectivity index (χ4n) is 3.23. The Bertz CT molecular complexity index is 885. The van der Waals surface area contributed by atoms with E-state index in [1.54, 1.807) is 24.1 Å². The van der Waals surface area contributed by atoms with E-state index in [-0.39, 0.29) is 30.5 Å². The molecule has 3 rings (SSSR count). The van der Waals surface area contributed by atoms with Crippen LogP contribution in [0.25, 0.3) is 0 Å². The first-order chi connectivity index (χ1) is 14.0. The summed E-state index contributed by atoms with van der Waals surface area (Å²) in [7, 11) is 1.61. The van der Waals surface area contributed by atoms with Gasteiger partial charge in [-0.1, -0.05) is 29.4 Å². The number of ether oxygens (including phenoxy) is 1. The topological polar surface area (TPSA) is 63.2 Å². The summed E-state index contributed by atoms with van der Waals surface area (Å²) in [5.41, 5.74) is 2.37. The molecule has 0 aliphatic carbocycles. The molecular formula is C22H26FN3O3. The fraction of sp³-hybridized carbons (Fsp3) is 0.364. The lowest BCUT2D eigenvalue weighted by Crippen LogP contribution is -2.45. The highest BCUT2D eigenvalue weighted by Crippen LogP contribution is 2.25. The largest absolute Gasteiger partial charge is 0.496 e. The molecule has 0 saturated heterocycles. The SMILES string of the molecule is COc1ccccc1C1=NO[C@H](CN(Cc2cccc(F)c2)C(=O)NC(C)C)C1. The van der Waals surface area contributed by atoms with Crippen molar-refractivity contribution in [3.63, 3.8) is 0 Å². The highest BCUT2D eigenvalue weighted by molar-refractivity contribution is 6.03. The monoisotopic (exact) mass is 399 g/mol. The van der Waals surface area contributed by atoms with Gasteiger partial charge in [-0.05, 0) is 43.7 Å². The van der Waals surface area contributed by atoms with Gasteiger partial charge in [-0.15, -0.1) is 0 Å². The first-order valence-electron chi connectivity index (χ1n) is 9.62. The third-order valence-corrected chi connectivity index (χ3v) is 4.54. The van der Waals surface area contributed by atoms with Crippen LogP contribution in [0.1, 0.15) is 31.4 Å². The molecule has 6 nitrogen and oxygen atoms in total. The second-order valence-corrected chi connectivity index (χ2v) is 7.28. The van der Waals surface area contributed by atoms with E-state index in [1.165, 1.54) is 12.1 Å². The standard InChI is InChI=1S/C22H26FN3O3/c1-15(2)24-22(27)26(13-16-7-6-8-17(23)11-16)14-18-12-20(25-29-18)19-9-4-5-10-21(19)28-3/h4-11,15,18H,12-14H2,1-3H3,(H,24,27)/t18-/m0/s1. The van der Waals surface area contributed by atoms with Gasteiger partial charge in [0, 0.05) is 24.6 Å². The lowest BCUT2D eigenvalue weighted by Gasteiger charge is -2.26. The number of methoxy groups -OCH3 is 1. The van der Waals surface area contributed by atoms with E-state index in [0.717, 1.165) is 17.0 Å². The third-order valence-electron chi connectivity index (χ3n) is 4.54. The number of carbonyl (C=O) groups excluding carboxylic acids is 1. The van der Waals surface area contributed by atoms with Crippen molar-refractivity contribution in [1.29, 1.82) is 0 Å². The van der Waals surface area contributed by atoms with Crippen molar-refractivity contribution in [2.45, 2.75) is 39.0 Å². The highest BCUT2D eigenvalue weighted by Gasteiger charge is 2.28. The van der Waals surface area contributed by atoms with Crippen molar-refractivity contribution in [3.05, 3.63) is 65.5 Å². The number of para-hydroxylation sites is 1. The molecular weight excluding hydrogens is 373 g/mol. The van der Waals surface area contributed by atoms with Crippen LogP contribution in [-0.2, 0) is 11.4 Å². The minimum Gasteiger partial charge on any atom is -0.496 e. The molecule has 1 N–H and O–H groups in total. The van der Waals surface area contributed by atoms with Gasteiger partial charge in [0.2, 0.25) is 0 Å². The second-order valence-electron chi connectivity index (χ2n) is 7.28. The van der Waals surface area contributed by atoms with Gasteiger partial charge < -0.3 is 19.8 Å². The number of halogens is 1. The Hall–Kier alpha value is -3.09. The second kappa shape index (κ2) is 9.41. The van der Waals surface area contributed by atoms with Gasteiger partial charge in [0.05, 0.1) is 19.4 Å². The number of hydrogen-bond donors (Lipinski definition) is 1. The Morgan fingerprint density at radius 2 is 2.10 bits per heavy atom. The molecule has 1 aliphatic rings. The van der Waals surface area contributed by atoms with Crippen molar-refractivity contribution in [1.82, 2.24) is 10.2 Å². The number of amides is 2. The Morgan fingerprint density at radius 1 is 1.31 bits per heavy atom. The molecule has 1 atom stereocenters. The summed E-state index contributed by atoms with van der Waals surface area (Å²) >= 11 is 0. The van der Waals surface area contributed by atoms with Crippen LogP contribution in [0.4, 0.5) is 9.18 Å². The quantitative estimate of drug-likeness (QED) is 0.767. The number of nitrogens with zero attached hydrogens (tertiary/aromatic N) is 2. The van der Waals surface area contributed by atoms with Gasteiger partial charge >= 0.3 is 6.03 Å². The Labute approximate surface area is 170 Å². The lowest BCUT2D eigenvalue weighted by molar-refractivity contribution is 0.0586. The summed E-state index contributed by atoms with van der Waals surface area (Å²) in [6.07, 6.45) is 0.260. The molecule has 0 saturated carbocycles. The molecule has 0 unspecified atom stereocenters. The number of carbonyl (C=O) groups is 1. The predicted octanol–water partition coefficient (Wildman–Crippen LogP) is 3.95. The molecule has 0 spiro atoms. The van der Waals surface area contributed by atoms with E-state index in [4.69, 9.17) is 9.57 Å². The normalized spacial score (nSPS) is 15.6. The Balaban J connectivity index is 1.70. The fourth-order valence-corrected chi connectivity index (χ4v) is 3.23. The number of oxime groups is 1. The van der Waals surface area contributed by atoms with E-state index in [9.17, 15) is 9.18 Å². The van der Waals surface area contributed by atoms with Crippen LogP contribution in [0.3, 0.4) is 0 Å². The minimum atomic E-state index is -0.328. The van der Waals surface area contributed by atoms with Gasteiger partial charge in [0.25, 0.3) is 0 Å². The van der Waals surface area contributed by atoms with Crippen molar-refractivity contribution in [2.24, 2.45) is 5.16 Å². The van der Waals surface area contributed by atoms with Gasteiger partial charge in [0.15, 0.2) is 6.10 Å². The highest BCUT2D eigenvalue weighted by atomic mass is 19.1. The first-order valence-corrected chi connectivity index (χ1v) is 9.62. The molecule has 2 aromatic rings. The number of benzene rings is 2. The van der Waals surface area contributed by atoms with E-state index in [2.05, 4.69) is 10.5 Å². The molecule has 1 aliphatic heterocycles. The molecule has 0 fully saturated rings.